The molecule has 274 valence electrons. The largest absolute Gasteiger partial charge is 0.462 e. The highest BCUT2D eigenvalue weighted by molar-refractivity contribution is 5.70. The van der Waals surface area contributed by atoms with E-state index in [1.54, 1.807) is 0 Å². The lowest BCUT2D eigenvalue weighted by atomic mass is 10.0. The van der Waals surface area contributed by atoms with E-state index in [9.17, 15) is 9.59 Å². The fourth-order valence-electron chi connectivity index (χ4n) is 5.79. The second-order valence-corrected chi connectivity index (χ2v) is 13.5. The summed E-state index contributed by atoms with van der Waals surface area (Å²) < 4.78 is 11.3. The van der Waals surface area contributed by atoms with Gasteiger partial charge in [0.05, 0.1) is 6.54 Å². The Hall–Kier alpha value is -2.56. The van der Waals surface area contributed by atoms with Crippen LogP contribution < -0.4 is 5.32 Å². The molecule has 0 saturated carbocycles. The zero-order chi connectivity index (χ0) is 34.6. The molecule has 5 heteroatoms. The lowest BCUT2D eigenvalue weighted by molar-refractivity contribution is -0.158. The smallest absolute Gasteiger partial charge is 0.306 e. The number of hydrogen-bond donors (Lipinski definition) is 1. The minimum Gasteiger partial charge on any atom is -0.462 e. The minimum atomic E-state index is -0.508. The first-order chi connectivity index (χ1) is 23.7. The van der Waals surface area contributed by atoms with Crippen LogP contribution in [-0.4, -0.2) is 31.2 Å². The second kappa shape index (κ2) is 34.3. The van der Waals surface area contributed by atoms with Gasteiger partial charge in [0, 0.05) is 18.5 Å². The second-order valence-electron chi connectivity index (χ2n) is 13.5. The average molecular weight is 668 g/mol. The standard InChI is InChI=1S/C43H73NO4/c1-3-5-7-9-11-13-15-17-18-20-22-24-26-28-33-37-43(46)48-41(38-44-40-34-30-29-31-35-40)39-47-42(45)36-32-27-25-23-21-19-16-14-12-10-8-6-4-2/h11,13,17-18,29-31,34-35,41,44H,3-10,12,14-16,19-28,32-33,36-39H2,1-2H3/t41-/m0/s1. The van der Waals surface area contributed by atoms with Crippen LogP contribution in [0, 0.1) is 0 Å². The van der Waals surface area contributed by atoms with Crippen molar-refractivity contribution in [3.05, 3.63) is 54.6 Å². The van der Waals surface area contributed by atoms with Crippen molar-refractivity contribution in [2.24, 2.45) is 0 Å². The van der Waals surface area contributed by atoms with Gasteiger partial charge < -0.3 is 14.8 Å². The van der Waals surface area contributed by atoms with E-state index < -0.39 is 6.10 Å². The average Bonchev–Trinajstić information content (AvgIpc) is 3.10. The van der Waals surface area contributed by atoms with Crippen LogP contribution in [0.1, 0.15) is 181 Å². The van der Waals surface area contributed by atoms with Gasteiger partial charge in [0.15, 0.2) is 6.10 Å². The van der Waals surface area contributed by atoms with E-state index in [0.29, 0.717) is 19.4 Å². The Bertz CT molecular complexity index is 913. The Labute approximate surface area is 296 Å². The van der Waals surface area contributed by atoms with Crippen molar-refractivity contribution in [2.45, 2.75) is 187 Å². The molecule has 0 aliphatic carbocycles. The van der Waals surface area contributed by atoms with Gasteiger partial charge in [-0.1, -0.05) is 166 Å². The zero-order valence-electron chi connectivity index (χ0n) is 31.2. The highest BCUT2D eigenvalue weighted by atomic mass is 16.6. The van der Waals surface area contributed by atoms with Crippen LogP contribution in [0.3, 0.4) is 0 Å². The maximum Gasteiger partial charge on any atom is 0.306 e. The van der Waals surface area contributed by atoms with Crippen LogP contribution >= 0.6 is 0 Å². The molecular formula is C43H73NO4. The number of unbranched alkanes of at least 4 members (excludes halogenated alkanes) is 20. The molecule has 1 aromatic carbocycles. The summed E-state index contributed by atoms with van der Waals surface area (Å²) in [5.74, 6) is -0.416. The first kappa shape index (κ1) is 43.5. The summed E-state index contributed by atoms with van der Waals surface area (Å²) in [7, 11) is 0. The molecule has 0 unspecified atom stereocenters. The van der Waals surface area contributed by atoms with E-state index in [-0.39, 0.29) is 18.5 Å². The highest BCUT2D eigenvalue weighted by Gasteiger charge is 2.17. The molecule has 1 rings (SSSR count). The van der Waals surface area contributed by atoms with Crippen molar-refractivity contribution >= 4 is 17.6 Å². The third-order valence-corrected chi connectivity index (χ3v) is 8.85. The third kappa shape index (κ3) is 29.6. The number of nitrogens with one attached hydrogen (secondary N) is 1. The normalized spacial score (nSPS) is 12.1. The topological polar surface area (TPSA) is 64.6 Å². The summed E-state index contributed by atoms with van der Waals surface area (Å²) in [5.41, 5.74) is 0.950. The van der Waals surface area contributed by atoms with Crippen LogP contribution in [-0.2, 0) is 19.1 Å². The first-order valence-corrected chi connectivity index (χ1v) is 20.1. The molecule has 1 atom stereocenters. The van der Waals surface area contributed by atoms with Crippen molar-refractivity contribution < 1.29 is 19.1 Å². The third-order valence-electron chi connectivity index (χ3n) is 8.85. The number of benzene rings is 1. The van der Waals surface area contributed by atoms with Gasteiger partial charge in [0.1, 0.15) is 6.61 Å². The lowest BCUT2D eigenvalue weighted by Gasteiger charge is -2.19. The molecule has 48 heavy (non-hydrogen) atoms. The highest BCUT2D eigenvalue weighted by Crippen LogP contribution is 2.14. The summed E-state index contributed by atoms with van der Waals surface area (Å²) in [6.45, 7) is 5.00. The number of carbonyl (C=O) groups excluding carboxylic acids is 2. The SMILES string of the molecule is CCCCCC=CCC=CCCCCCCCC(=O)O[C@@H](CNc1ccccc1)COC(=O)CCCCCCCCCCCCCCC. The molecule has 0 aliphatic rings. The number of ether oxygens (including phenoxy) is 2. The van der Waals surface area contributed by atoms with Gasteiger partial charge in [0.2, 0.25) is 0 Å². The Morgan fingerprint density at radius 2 is 1.04 bits per heavy atom. The number of hydrogen-bond acceptors (Lipinski definition) is 5. The molecule has 0 fully saturated rings. The van der Waals surface area contributed by atoms with E-state index in [0.717, 1.165) is 50.6 Å². The number of carbonyl (C=O) groups is 2. The molecule has 0 spiro atoms. The van der Waals surface area contributed by atoms with E-state index in [4.69, 9.17) is 9.47 Å². The maximum absolute atomic E-state index is 12.6. The summed E-state index contributed by atoms with van der Waals surface area (Å²) in [6, 6.07) is 9.84. The molecular weight excluding hydrogens is 594 g/mol. The number of para-hydroxylation sites is 1. The van der Waals surface area contributed by atoms with E-state index in [2.05, 4.69) is 43.5 Å². The van der Waals surface area contributed by atoms with Crippen LogP contribution in [0.25, 0.3) is 0 Å². The molecule has 0 bridgehead atoms. The number of allylic oxidation sites excluding steroid dienone is 4. The number of esters is 2. The lowest BCUT2D eigenvalue weighted by Crippen LogP contribution is -2.31. The Morgan fingerprint density at radius 3 is 1.60 bits per heavy atom. The Balaban J connectivity index is 2.17. The first-order valence-electron chi connectivity index (χ1n) is 20.1. The molecule has 1 N–H and O–H groups in total. The quantitative estimate of drug-likeness (QED) is 0.0450. The Kier molecular flexibility index (Phi) is 31.1. The molecule has 0 radical (unpaired) electrons. The van der Waals surface area contributed by atoms with Gasteiger partial charge in [0.25, 0.3) is 0 Å². The van der Waals surface area contributed by atoms with Crippen molar-refractivity contribution in [1.82, 2.24) is 0 Å². The number of rotatable bonds is 34. The van der Waals surface area contributed by atoms with E-state index in [1.807, 2.05) is 30.3 Å². The van der Waals surface area contributed by atoms with Gasteiger partial charge >= 0.3 is 11.9 Å². The maximum atomic E-state index is 12.6. The zero-order valence-corrected chi connectivity index (χ0v) is 31.2. The molecule has 0 aliphatic heterocycles. The van der Waals surface area contributed by atoms with E-state index in [1.165, 1.54) is 109 Å². The molecule has 1 aromatic rings. The Morgan fingerprint density at radius 1 is 0.583 bits per heavy atom. The van der Waals surface area contributed by atoms with Crippen molar-refractivity contribution in [3.8, 4) is 0 Å². The summed E-state index contributed by atoms with van der Waals surface area (Å²) in [6.07, 6.45) is 38.7. The van der Waals surface area contributed by atoms with Crippen LogP contribution in [0.4, 0.5) is 5.69 Å². The molecule has 0 saturated heterocycles. The summed E-state index contributed by atoms with van der Waals surface area (Å²) >= 11 is 0. The molecule has 0 amide bonds. The number of anilines is 1. The van der Waals surface area contributed by atoms with Crippen LogP contribution in [0.15, 0.2) is 54.6 Å². The van der Waals surface area contributed by atoms with Gasteiger partial charge in [-0.15, -0.1) is 0 Å². The fourth-order valence-corrected chi connectivity index (χ4v) is 5.79. The van der Waals surface area contributed by atoms with E-state index >= 15 is 0 Å². The van der Waals surface area contributed by atoms with Crippen molar-refractivity contribution in [2.75, 3.05) is 18.5 Å². The van der Waals surface area contributed by atoms with Gasteiger partial charge in [-0.25, -0.2) is 0 Å². The fraction of sp³-hybridized carbons (Fsp3) is 0.721. The predicted molar refractivity (Wildman–Crippen MR) is 205 cm³/mol. The monoisotopic (exact) mass is 668 g/mol. The van der Waals surface area contributed by atoms with Crippen LogP contribution in [0.5, 0.6) is 0 Å². The summed E-state index contributed by atoms with van der Waals surface area (Å²) in [5, 5.41) is 3.31. The predicted octanol–water partition coefficient (Wildman–Crippen LogP) is 12.8. The van der Waals surface area contributed by atoms with Crippen molar-refractivity contribution in [3.63, 3.8) is 0 Å². The van der Waals surface area contributed by atoms with Crippen molar-refractivity contribution in [1.29, 1.82) is 0 Å². The van der Waals surface area contributed by atoms with Gasteiger partial charge in [-0.05, 0) is 57.1 Å². The van der Waals surface area contributed by atoms with Gasteiger partial charge in [-0.2, -0.15) is 0 Å². The van der Waals surface area contributed by atoms with Gasteiger partial charge in [-0.3, -0.25) is 9.59 Å². The molecule has 0 heterocycles. The van der Waals surface area contributed by atoms with Crippen LogP contribution in [0.2, 0.25) is 0 Å². The summed E-state index contributed by atoms with van der Waals surface area (Å²) in [4.78, 5) is 25.1. The molecule has 5 nitrogen and oxygen atoms in total. The molecule has 0 aromatic heterocycles. The minimum absolute atomic E-state index is 0.0883.